The average Bonchev–Trinajstić information content (AvgIpc) is 2.62. The van der Waals surface area contributed by atoms with Crippen LogP contribution in [0.15, 0.2) is 18.3 Å². The lowest BCUT2D eigenvalue weighted by Gasteiger charge is -2.23. The van der Waals surface area contributed by atoms with Gasteiger partial charge in [0.1, 0.15) is 5.82 Å². The maximum Gasteiger partial charge on any atom is 0.147 e. The first-order valence-corrected chi connectivity index (χ1v) is 6.97. The number of nitrogens with zero attached hydrogens (tertiary/aromatic N) is 3. The maximum atomic E-state index is 6.20. The van der Waals surface area contributed by atoms with E-state index in [1.807, 2.05) is 12.1 Å². The molecule has 0 unspecified atom stereocenters. The fraction of sp³-hybridized carbons (Fsp3) is 0.615. The molecule has 0 radical (unpaired) electrons. The second kappa shape index (κ2) is 6.92. The van der Waals surface area contributed by atoms with Crippen molar-refractivity contribution in [3.05, 3.63) is 23.4 Å². The van der Waals surface area contributed by atoms with E-state index < -0.39 is 0 Å². The minimum Gasteiger partial charge on any atom is -0.354 e. The average molecular weight is 269 g/mol. The largest absolute Gasteiger partial charge is 0.354 e. The first-order chi connectivity index (χ1) is 8.81. The topological polar surface area (TPSA) is 45.4 Å². The lowest BCUT2D eigenvalue weighted by atomic mass is 10.3. The Bertz CT molecular complexity index is 372. The molecule has 1 aromatic rings. The third kappa shape index (κ3) is 3.57. The van der Waals surface area contributed by atoms with E-state index in [0.29, 0.717) is 0 Å². The van der Waals surface area contributed by atoms with Crippen LogP contribution in [-0.2, 0) is 0 Å². The number of anilines is 1. The lowest BCUT2D eigenvalue weighted by molar-refractivity contribution is 0.291. The SMILES string of the molecule is NCCCN1CCCN(c2ncccc2Cl)CC1. The molecule has 0 bridgehead atoms. The molecular formula is C13H21ClN4. The quantitative estimate of drug-likeness (QED) is 0.901. The summed E-state index contributed by atoms with van der Waals surface area (Å²) in [6, 6.07) is 3.78. The molecular weight excluding hydrogens is 248 g/mol. The van der Waals surface area contributed by atoms with Crippen LogP contribution in [0.4, 0.5) is 5.82 Å². The van der Waals surface area contributed by atoms with E-state index in [2.05, 4.69) is 14.8 Å². The van der Waals surface area contributed by atoms with Gasteiger partial charge in [0, 0.05) is 25.8 Å². The summed E-state index contributed by atoms with van der Waals surface area (Å²) in [4.78, 5) is 9.14. The lowest BCUT2D eigenvalue weighted by Crippen LogP contribution is -2.32. The Morgan fingerprint density at radius 1 is 1.28 bits per heavy atom. The summed E-state index contributed by atoms with van der Waals surface area (Å²) in [6.45, 7) is 6.08. The van der Waals surface area contributed by atoms with Gasteiger partial charge in [-0.2, -0.15) is 0 Å². The van der Waals surface area contributed by atoms with E-state index in [1.54, 1.807) is 6.20 Å². The van der Waals surface area contributed by atoms with Crippen molar-refractivity contribution in [2.45, 2.75) is 12.8 Å². The molecule has 18 heavy (non-hydrogen) atoms. The molecule has 1 fully saturated rings. The van der Waals surface area contributed by atoms with Crippen LogP contribution in [-0.4, -0.2) is 49.2 Å². The highest BCUT2D eigenvalue weighted by Gasteiger charge is 2.17. The number of rotatable bonds is 4. The van der Waals surface area contributed by atoms with Crippen molar-refractivity contribution >= 4 is 17.4 Å². The number of aromatic nitrogens is 1. The van der Waals surface area contributed by atoms with Gasteiger partial charge in [0.25, 0.3) is 0 Å². The number of hydrogen-bond donors (Lipinski definition) is 1. The van der Waals surface area contributed by atoms with E-state index in [-0.39, 0.29) is 0 Å². The zero-order valence-corrected chi connectivity index (χ0v) is 11.4. The Balaban J connectivity index is 1.95. The number of halogens is 1. The van der Waals surface area contributed by atoms with Crippen molar-refractivity contribution in [3.63, 3.8) is 0 Å². The normalized spacial score (nSPS) is 17.8. The molecule has 100 valence electrons. The van der Waals surface area contributed by atoms with Crippen molar-refractivity contribution in [3.8, 4) is 0 Å². The number of hydrogen-bond acceptors (Lipinski definition) is 4. The van der Waals surface area contributed by atoms with Gasteiger partial charge in [0.05, 0.1) is 5.02 Å². The molecule has 1 aliphatic heterocycles. The highest BCUT2D eigenvalue weighted by molar-refractivity contribution is 6.32. The van der Waals surface area contributed by atoms with Crippen molar-refractivity contribution < 1.29 is 0 Å². The van der Waals surface area contributed by atoms with Crippen LogP contribution in [0.5, 0.6) is 0 Å². The number of nitrogens with two attached hydrogens (primary N) is 1. The Labute approximate surface area is 114 Å². The van der Waals surface area contributed by atoms with Gasteiger partial charge in [0.2, 0.25) is 0 Å². The summed E-state index contributed by atoms with van der Waals surface area (Å²) in [5.41, 5.74) is 5.56. The number of pyridine rings is 1. The van der Waals surface area contributed by atoms with Gasteiger partial charge < -0.3 is 15.5 Å². The van der Waals surface area contributed by atoms with Gasteiger partial charge in [-0.05, 0) is 44.6 Å². The zero-order chi connectivity index (χ0) is 12.8. The predicted octanol–water partition coefficient (Wildman–Crippen LogP) is 1.60. The van der Waals surface area contributed by atoms with Crippen molar-refractivity contribution in [2.24, 2.45) is 5.73 Å². The van der Waals surface area contributed by atoms with E-state index in [0.717, 1.165) is 63.0 Å². The Morgan fingerprint density at radius 2 is 2.17 bits per heavy atom. The fourth-order valence-corrected chi connectivity index (χ4v) is 2.57. The molecule has 5 heteroatoms. The van der Waals surface area contributed by atoms with E-state index in [4.69, 9.17) is 17.3 Å². The first-order valence-electron chi connectivity index (χ1n) is 6.59. The highest BCUT2D eigenvalue weighted by atomic mass is 35.5. The van der Waals surface area contributed by atoms with Crippen LogP contribution in [0, 0.1) is 0 Å². The third-order valence-corrected chi connectivity index (χ3v) is 3.60. The summed E-state index contributed by atoms with van der Waals surface area (Å²) < 4.78 is 0. The van der Waals surface area contributed by atoms with Crippen LogP contribution >= 0.6 is 11.6 Å². The molecule has 0 aliphatic carbocycles. The standard InChI is InChI=1S/C13H21ClN4/c14-12-4-1-6-16-13(12)18-9-3-8-17(10-11-18)7-2-5-15/h1,4,6H,2-3,5,7-11,15H2. The first kappa shape index (κ1) is 13.6. The second-order valence-corrected chi connectivity index (χ2v) is 5.04. The molecule has 4 nitrogen and oxygen atoms in total. The van der Waals surface area contributed by atoms with E-state index in [1.165, 1.54) is 0 Å². The Hall–Kier alpha value is -0.840. The molecule has 1 aromatic heterocycles. The molecule has 2 heterocycles. The van der Waals surface area contributed by atoms with Crippen LogP contribution < -0.4 is 10.6 Å². The molecule has 2 rings (SSSR count). The molecule has 0 amide bonds. The van der Waals surface area contributed by atoms with Gasteiger partial charge in [-0.25, -0.2) is 4.98 Å². The van der Waals surface area contributed by atoms with Gasteiger partial charge in [-0.1, -0.05) is 11.6 Å². The summed E-state index contributed by atoms with van der Waals surface area (Å²) in [5, 5.41) is 0.743. The summed E-state index contributed by atoms with van der Waals surface area (Å²) in [6.07, 6.45) is 4.03. The minimum absolute atomic E-state index is 0.743. The smallest absolute Gasteiger partial charge is 0.147 e. The van der Waals surface area contributed by atoms with E-state index in [9.17, 15) is 0 Å². The van der Waals surface area contributed by atoms with Crippen LogP contribution in [0.1, 0.15) is 12.8 Å². The molecule has 2 N–H and O–H groups in total. The zero-order valence-electron chi connectivity index (χ0n) is 10.7. The second-order valence-electron chi connectivity index (χ2n) is 4.63. The van der Waals surface area contributed by atoms with Crippen LogP contribution in [0.25, 0.3) is 0 Å². The molecule has 0 spiro atoms. The fourth-order valence-electron chi connectivity index (χ4n) is 2.33. The Kier molecular flexibility index (Phi) is 5.23. The van der Waals surface area contributed by atoms with Crippen molar-refractivity contribution in [1.29, 1.82) is 0 Å². The van der Waals surface area contributed by atoms with Crippen molar-refractivity contribution in [1.82, 2.24) is 9.88 Å². The van der Waals surface area contributed by atoms with Gasteiger partial charge >= 0.3 is 0 Å². The summed E-state index contributed by atoms with van der Waals surface area (Å²) in [7, 11) is 0. The molecule has 1 saturated heterocycles. The molecule has 0 atom stereocenters. The van der Waals surface area contributed by atoms with Crippen molar-refractivity contribution in [2.75, 3.05) is 44.2 Å². The van der Waals surface area contributed by atoms with Crippen LogP contribution in [0.2, 0.25) is 5.02 Å². The minimum atomic E-state index is 0.743. The highest BCUT2D eigenvalue weighted by Crippen LogP contribution is 2.23. The summed E-state index contributed by atoms with van der Waals surface area (Å²) in [5.74, 6) is 0.917. The summed E-state index contributed by atoms with van der Waals surface area (Å²) >= 11 is 6.20. The van der Waals surface area contributed by atoms with Crippen LogP contribution in [0.3, 0.4) is 0 Å². The monoisotopic (exact) mass is 268 g/mol. The van der Waals surface area contributed by atoms with Gasteiger partial charge in [-0.15, -0.1) is 0 Å². The maximum absolute atomic E-state index is 6.20. The molecule has 0 saturated carbocycles. The molecule has 0 aromatic carbocycles. The Morgan fingerprint density at radius 3 is 2.94 bits per heavy atom. The van der Waals surface area contributed by atoms with E-state index >= 15 is 0 Å². The third-order valence-electron chi connectivity index (χ3n) is 3.31. The van der Waals surface area contributed by atoms with Gasteiger partial charge in [-0.3, -0.25) is 0 Å². The predicted molar refractivity (Wildman–Crippen MR) is 76.2 cm³/mol. The molecule has 1 aliphatic rings. The van der Waals surface area contributed by atoms with Gasteiger partial charge in [0.15, 0.2) is 0 Å².